The minimum Gasteiger partial charge on any atom is -0.308 e. The molecule has 0 aliphatic carbocycles. The fourth-order valence-electron chi connectivity index (χ4n) is 2.01. The molecular formula is C17H15F3N2O. The molecule has 0 saturated heterocycles. The third-order valence-corrected chi connectivity index (χ3v) is 3.07. The van der Waals surface area contributed by atoms with E-state index in [0.717, 1.165) is 17.7 Å². The number of alkyl halides is 3. The van der Waals surface area contributed by atoms with E-state index in [0.29, 0.717) is 11.3 Å². The molecule has 2 rings (SSSR count). The first-order chi connectivity index (χ1) is 10.8. The van der Waals surface area contributed by atoms with Gasteiger partial charge in [-0.2, -0.15) is 13.2 Å². The Morgan fingerprint density at radius 2 is 1.65 bits per heavy atom. The van der Waals surface area contributed by atoms with Gasteiger partial charge in [-0.1, -0.05) is 24.8 Å². The minimum atomic E-state index is -4.46. The van der Waals surface area contributed by atoms with Crippen LogP contribution in [0.2, 0.25) is 0 Å². The summed E-state index contributed by atoms with van der Waals surface area (Å²) in [6.07, 6.45) is -2.80. The lowest BCUT2D eigenvalue weighted by atomic mass is 10.1. The number of carbonyl (C=O) groups is 1. The van der Waals surface area contributed by atoms with Crippen LogP contribution in [0.4, 0.5) is 29.3 Å². The topological polar surface area (TPSA) is 41.1 Å². The summed E-state index contributed by atoms with van der Waals surface area (Å²) in [5.74, 6) is 0. The Bertz CT molecular complexity index is 722. The lowest BCUT2D eigenvalue weighted by molar-refractivity contribution is -0.137. The normalized spacial score (nSPS) is 11.0. The van der Waals surface area contributed by atoms with E-state index in [-0.39, 0.29) is 5.69 Å². The fraction of sp³-hybridized carbons (Fsp3) is 0.118. The van der Waals surface area contributed by atoms with Crippen molar-refractivity contribution in [2.75, 3.05) is 10.6 Å². The Kier molecular flexibility index (Phi) is 4.74. The molecule has 0 heterocycles. The molecule has 6 heteroatoms. The van der Waals surface area contributed by atoms with Gasteiger partial charge in [-0.05, 0) is 48.4 Å². The second-order valence-electron chi connectivity index (χ2n) is 4.99. The van der Waals surface area contributed by atoms with Gasteiger partial charge >= 0.3 is 12.2 Å². The van der Waals surface area contributed by atoms with Crippen molar-refractivity contribution in [3.05, 3.63) is 65.7 Å². The van der Waals surface area contributed by atoms with Gasteiger partial charge in [-0.3, -0.25) is 0 Å². The van der Waals surface area contributed by atoms with Crippen molar-refractivity contribution in [3.8, 4) is 0 Å². The standard InChI is InChI=1S/C17H15F3N2O/c1-3-12-4-6-14(7-5-12)21-16(23)22-15-9-11(2)8-13(10-15)17(18,19)20/h3-10H,1H2,2H3,(H2,21,22,23). The molecule has 0 bridgehead atoms. The van der Waals surface area contributed by atoms with Gasteiger partial charge in [-0.15, -0.1) is 0 Å². The largest absolute Gasteiger partial charge is 0.416 e. The summed E-state index contributed by atoms with van der Waals surface area (Å²) in [5.41, 5.74) is 1.10. The predicted molar refractivity (Wildman–Crippen MR) is 85.4 cm³/mol. The molecule has 2 aromatic carbocycles. The summed E-state index contributed by atoms with van der Waals surface area (Å²) in [7, 11) is 0. The molecular weight excluding hydrogens is 305 g/mol. The quantitative estimate of drug-likeness (QED) is 0.791. The summed E-state index contributed by atoms with van der Waals surface area (Å²) in [6.45, 7) is 5.16. The Hall–Kier alpha value is -2.76. The van der Waals surface area contributed by atoms with Gasteiger partial charge in [0.25, 0.3) is 0 Å². The van der Waals surface area contributed by atoms with E-state index in [1.807, 2.05) is 0 Å². The summed E-state index contributed by atoms with van der Waals surface area (Å²) in [4.78, 5) is 11.9. The van der Waals surface area contributed by atoms with Crippen molar-refractivity contribution in [1.82, 2.24) is 0 Å². The van der Waals surface area contributed by atoms with E-state index in [1.54, 1.807) is 30.3 Å². The van der Waals surface area contributed by atoms with Crippen LogP contribution < -0.4 is 10.6 Å². The average molecular weight is 320 g/mol. The van der Waals surface area contributed by atoms with E-state index in [9.17, 15) is 18.0 Å². The predicted octanol–water partition coefficient (Wildman–Crippen LogP) is 5.30. The smallest absolute Gasteiger partial charge is 0.308 e. The molecule has 0 spiro atoms. The molecule has 0 saturated carbocycles. The van der Waals surface area contributed by atoms with Crippen LogP contribution in [0.3, 0.4) is 0 Å². The average Bonchev–Trinajstić information content (AvgIpc) is 2.46. The fourth-order valence-corrected chi connectivity index (χ4v) is 2.01. The molecule has 0 aliphatic heterocycles. The maximum atomic E-state index is 12.8. The Labute approximate surface area is 131 Å². The number of hydrogen-bond donors (Lipinski definition) is 2. The number of rotatable bonds is 3. The molecule has 2 amide bonds. The van der Waals surface area contributed by atoms with Gasteiger partial charge in [0.2, 0.25) is 0 Å². The number of halogens is 3. The zero-order chi connectivity index (χ0) is 17.0. The zero-order valence-corrected chi connectivity index (χ0v) is 12.4. The lowest BCUT2D eigenvalue weighted by Gasteiger charge is -2.12. The first-order valence-electron chi connectivity index (χ1n) is 6.77. The van der Waals surface area contributed by atoms with Crippen molar-refractivity contribution in [2.45, 2.75) is 13.1 Å². The van der Waals surface area contributed by atoms with Crippen LogP contribution in [0.5, 0.6) is 0 Å². The van der Waals surface area contributed by atoms with Gasteiger partial charge in [0.1, 0.15) is 0 Å². The summed E-state index contributed by atoms with van der Waals surface area (Å²) in [5, 5.41) is 4.96. The zero-order valence-electron chi connectivity index (χ0n) is 12.4. The highest BCUT2D eigenvalue weighted by atomic mass is 19.4. The third kappa shape index (κ3) is 4.60. The molecule has 23 heavy (non-hydrogen) atoms. The second-order valence-corrected chi connectivity index (χ2v) is 4.99. The molecule has 2 N–H and O–H groups in total. The van der Waals surface area contributed by atoms with Crippen LogP contribution in [0, 0.1) is 6.92 Å². The minimum absolute atomic E-state index is 0.0811. The molecule has 0 atom stereocenters. The number of aryl methyl sites for hydroxylation is 1. The number of benzene rings is 2. The number of nitrogens with one attached hydrogen (secondary N) is 2. The summed E-state index contributed by atoms with van der Waals surface area (Å²) in [6, 6.07) is 9.64. The SMILES string of the molecule is C=Cc1ccc(NC(=O)Nc2cc(C)cc(C(F)(F)F)c2)cc1. The van der Waals surface area contributed by atoms with Crippen molar-refractivity contribution >= 4 is 23.5 Å². The number of hydrogen-bond acceptors (Lipinski definition) is 1. The molecule has 0 fully saturated rings. The van der Waals surface area contributed by atoms with E-state index in [2.05, 4.69) is 17.2 Å². The second kappa shape index (κ2) is 6.56. The maximum Gasteiger partial charge on any atom is 0.416 e. The van der Waals surface area contributed by atoms with Gasteiger partial charge in [0, 0.05) is 11.4 Å². The Morgan fingerprint density at radius 1 is 1.04 bits per heavy atom. The number of amides is 2. The molecule has 0 aliphatic rings. The number of carbonyl (C=O) groups excluding carboxylic acids is 1. The van der Waals surface area contributed by atoms with Gasteiger partial charge in [-0.25, -0.2) is 4.79 Å². The summed E-state index contributed by atoms with van der Waals surface area (Å²) < 4.78 is 38.3. The highest BCUT2D eigenvalue weighted by molar-refractivity contribution is 5.99. The maximum absolute atomic E-state index is 12.8. The number of urea groups is 1. The van der Waals surface area contributed by atoms with Crippen LogP contribution in [0.25, 0.3) is 6.08 Å². The first kappa shape index (κ1) is 16.6. The van der Waals surface area contributed by atoms with Gasteiger partial charge in [0.15, 0.2) is 0 Å². The van der Waals surface area contributed by atoms with E-state index in [1.165, 1.54) is 13.0 Å². The van der Waals surface area contributed by atoms with Crippen LogP contribution in [0.15, 0.2) is 49.0 Å². The third-order valence-electron chi connectivity index (χ3n) is 3.07. The van der Waals surface area contributed by atoms with Gasteiger partial charge in [0.05, 0.1) is 5.56 Å². The Balaban J connectivity index is 2.10. The summed E-state index contributed by atoms with van der Waals surface area (Å²) >= 11 is 0. The molecule has 0 unspecified atom stereocenters. The number of anilines is 2. The molecule has 0 aromatic heterocycles. The lowest BCUT2D eigenvalue weighted by Crippen LogP contribution is -2.20. The van der Waals surface area contributed by atoms with Crippen LogP contribution in [-0.2, 0) is 6.18 Å². The van der Waals surface area contributed by atoms with Crippen molar-refractivity contribution < 1.29 is 18.0 Å². The molecule has 2 aromatic rings. The highest BCUT2D eigenvalue weighted by Gasteiger charge is 2.31. The van der Waals surface area contributed by atoms with E-state index in [4.69, 9.17) is 0 Å². The van der Waals surface area contributed by atoms with Crippen LogP contribution in [-0.4, -0.2) is 6.03 Å². The van der Waals surface area contributed by atoms with Crippen molar-refractivity contribution in [3.63, 3.8) is 0 Å². The van der Waals surface area contributed by atoms with Crippen LogP contribution in [0.1, 0.15) is 16.7 Å². The van der Waals surface area contributed by atoms with Gasteiger partial charge < -0.3 is 10.6 Å². The van der Waals surface area contributed by atoms with E-state index >= 15 is 0 Å². The molecule has 0 radical (unpaired) electrons. The highest BCUT2D eigenvalue weighted by Crippen LogP contribution is 2.31. The monoisotopic (exact) mass is 320 g/mol. The van der Waals surface area contributed by atoms with Crippen molar-refractivity contribution in [1.29, 1.82) is 0 Å². The van der Waals surface area contributed by atoms with Crippen molar-refractivity contribution in [2.24, 2.45) is 0 Å². The molecule has 3 nitrogen and oxygen atoms in total. The Morgan fingerprint density at radius 3 is 2.22 bits per heavy atom. The van der Waals surface area contributed by atoms with Crippen LogP contribution >= 0.6 is 0 Å². The molecule has 120 valence electrons. The first-order valence-corrected chi connectivity index (χ1v) is 6.77. The van der Waals surface area contributed by atoms with E-state index < -0.39 is 17.8 Å².